The van der Waals surface area contributed by atoms with Crippen LogP contribution in [0.5, 0.6) is 0 Å². The lowest BCUT2D eigenvalue weighted by Gasteiger charge is -2.28. The Hall–Kier alpha value is -2.52. The number of aromatic nitrogens is 5. The van der Waals surface area contributed by atoms with Crippen LogP contribution in [0.4, 0.5) is 0 Å². The molecule has 27 heavy (non-hydrogen) atoms. The number of para-hydroxylation sites is 1. The zero-order valence-corrected chi connectivity index (χ0v) is 16.4. The minimum atomic E-state index is -3.71. The van der Waals surface area contributed by atoms with E-state index in [2.05, 4.69) is 29.3 Å². The van der Waals surface area contributed by atoms with Gasteiger partial charge in [0.15, 0.2) is 5.03 Å². The molecule has 0 unspecified atom stereocenters. The molecule has 2 aromatic heterocycles. The molecule has 0 fully saturated rings. The van der Waals surface area contributed by atoms with Crippen molar-refractivity contribution in [2.75, 3.05) is 6.54 Å². The molecular weight excluding hydrogens is 364 g/mol. The lowest BCUT2D eigenvalue weighted by atomic mass is 9.88. The van der Waals surface area contributed by atoms with E-state index in [0.717, 1.165) is 23.4 Å². The van der Waals surface area contributed by atoms with Crippen LogP contribution >= 0.6 is 0 Å². The maximum absolute atomic E-state index is 13.2. The van der Waals surface area contributed by atoms with E-state index in [9.17, 15) is 8.42 Å². The maximum Gasteiger partial charge on any atom is 0.262 e. The Morgan fingerprint density at radius 3 is 2.52 bits per heavy atom. The summed E-state index contributed by atoms with van der Waals surface area (Å²) in [5, 5.41) is 12.1. The second kappa shape index (κ2) is 6.28. The van der Waals surface area contributed by atoms with Gasteiger partial charge < -0.3 is 0 Å². The number of benzene rings is 1. The van der Waals surface area contributed by atoms with Gasteiger partial charge in [0.05, 0.1) is 18.1 Å². The van der Waals surface area contributed by atoms with Crippen molar-refractivity contribution in [3.8, 4) is 5.69 Å². The van der Waals surface area contributed by atoms with E-state index in [0.29, 0.717) is 6.54 Å². The van der Waals surface area contributed by atoms with Gasteiger partial charge >= 0.3 is 0 Å². The van der Waals surface area contributed by atoms with Crippen LogP contribution < -0.4 is 0 Å². The predicted octanol–water partition coefficient (Wildman–Crippen LogP) is 1.77. The van der Waals surface area contributed by atoms with Crippen molar-refractivity contribution < 1.29 is 8.42 Å². The highest BCUT2D eigenvalue weighted by Crippen LogP contribution is 2.33. The molecule has 0 radical (unpaired) electrons. The molecule has 0 bridgehead atoms. The van der Waals surface area contributed by atoms with Gasteiger partial charge in [-0.2, -0.15) is 9.40 Å². The first kappa shape index (κ1) is 17.9. The third-order valence-electron chi connectivity index (χ3n) is 4.83. The van der Waals surface area contributed by atoms with Crippen molar-refractivity contribution >= 4 is 10.0 Å². The monoisotopic (exact) mass is 386 g/mol. The van der Waals surface area contributed by atoms with E-state index in [1.165, 1.54) is 15.2 Å². The highest BCUT2D eigenvalue weighted by molar-refractivity contribution is 7.89. The number of fused-ring (bicyclic) bond motifs is 1. The topological polar surface area (TPSA) is 85.9 Å². The minimum Gasteiger partial charge on any atom is -0.237 e. The number of rotatable bonds is 3. The third kappa shape index (κ3) is 3.17. The molecule has 1 aromatic carbocycles. The van der Waals surface area contributed by atoms with Gasteiger partial charge in [-0.3, -0.25) is 0 Å². The Morgan fingerprint density at radius 2 is 1.85 bits per heavy atom. The highest BCUT2D eigenvalue weighted by Gasteiger charge is 2.37. The fraction of sp³-hybridized carbons (Fsp3) is 0.389. The summed E-state index contributed by atoms with van der Waals surface area (Å²) in [7, 11) is -2.12. The molecule has 1 aliphatic rings. The molecule has 1 aliphatic heterocycles. The first-order valence-corrected chi connectivity index (χ1v) is 10.2. The molecule has 0 saturated heterocycles. The fourth-order valence-electron chi connectivity index (χ4n) is 3.57. The summed E-state index contributed by atoms with van der Waals surface area (Å²) in [5.74, 6) is 0. The van der Waals surface area contributed by atoms with Crippen molar-refractivity contribution in [1.82, 2.24) is 29.1 Å². The van der Waals surface area contributed by atoms with E-state index < -0.39 is 10.0 Å². The van der Waals surface area contributed by atoms with E-state index in [-0.39, 0.29) is 17.0 Å². The number of hydrogen-bond acceptors (Lipinski definition) is 5. The zero-order valence-electron chi connectivity index (χ0n) is 15.6. The molecule has 9 heteroatoms. The van der Waals surface area contributed by atoms with Crippen LogP contribution in [0.15, 0.2) is 47.8 Å². The summed E-state index contributed by atoms with van der Waals surface area (Å²) in [6.07, 6.45) is 3.79. The quantitative estimate of drug-likeness (QED) is 0.685. The van der Waals surface area contributed by atoms with Crippen molar-refractivity contribution in [3.63, 3.8) is 0 Å². The van der Waals surface area contributed by atoms with Gasteiger partial charge in [0.25, 0.3) is 10.0 Å². The van der Waals surface area contributed by atoms with Gasteiger partial charge in [0.1, 0.15) is 0 Å². The van der Waals surface area contributed by atoms with Gasteiger partial charge in [-0.1, -0.05) is 37.3 Å². The van der Waals surface area contributed by atoms with Crippen LogP contribution in [0, 0.1) is 5.41 Å². The summed E-state index contributed by atoms with van der Waals surface area (Å²) in [4.78, 5) is 0. The van der Waals surface area contributed by atoms with E-state index >= 15 is 0 Å². The highest BCUT2D eigenvalue weighted by atomic mass is 32.2. The normalized spacial score (nSPS) is 17.4. The van der Waals surface area contributed by atoms with E-state index in [1.807, 2.05) is 35.0 Å². The maximum atomic E-state index is 13.2. The zero-order chi connectivity index (χ0) is 19.2. The average molecular weight is 386 g/mol. The Kier molecular flexibility index (Phi) is 4.15. The minimum absolute atomic E-state index is 0.0946. The van der Waals surface area contributed by atoms with Crippen molar-refractivity contribution in [2.45, 2.75) is 31.8 Å². The SMILES string of the molecule is Cn1nncc1S(=O)(=O)N1Cc2cnn(-c3ccccc3)c2CC(C)(C)C1. The van der Waals surface area contributed by atoms with Crippen molar-refractivity contribution in [2.24, 2.45) is 12.5 Å². The van der Waals surface area contributed by atoms with Crippen LogP contribution in [0.1, 0.15) is 25.1 Å². The Labute approximate surface area is 158 Å². The third-order valence-corrected chi connectivity index (χ3v) is 6.67. The Balaban J connectivity index is 1.78. The second-order valence-corrected chi connectivity index (χ2v) is 9.56. The number of nitrogens with zero attached hydrogens (tertiary/aromatic N) is 6. The van der Waals surface area contributed by atoms with Crippen molar-refractivity contribution in [1.29, 1.82) is 0 Å². The molecule has 4 rings (SSSR count). The van der Waals surface area contributed by atoms with E-state index in [1.54, 1.807) is 13.2 Å². The molecule has 0 N–H and O–H groups in total. The van der Waals surface area contributed by atoms with E-state index in [4.69, 9.17) is 0 Å². The first-order chi connectivity index (χ1) is 12.8. The van der Waals surface area contributed by atoms with Gasteiger partial charge in [-0.15, -0.1) is 5.10 Å². The summed E-state index contributed by atoms with van der Waals surface area (Å²) in [5.41, 5.74) is 2.69. The molecule has 0 spiro atoms. The predicted molar refractivity (Wildman–Crippen MR) is 99.6 cm³/mol. The smallest absolute Gasteiger partial charge is 0.237 e. The molecular formula is C18H22N6O2S. The first-order valence-electron chi connectivity index (χ1n) is 8.74. The molecule has 0 atom stereocenters. The van der Waals surface area contributed by atoms with Crippen LogP contribution in [0.25, 0.3) is 5.69 Å². The molecule has 0 amide bonds. The van der Waals surface area contributed by atoms with Crippen LogP contribution in [-0.4, -0.2) is 44.0 Å². The molecule has 3 heterocycles. The summed E-state index contributed by atoms with van der Waals surface area (Å²) < 4.78 is 31.1. The molecule has 3 aromatic rings. The van der Waals surface area contributed by atoms with Crippen molar-refractivity contribution in [3.05, 3.63) is 54.0 Å². The van der Waals surface area contributed by atoms with Gasteiger partial charge in [0, 0.05) is 31.4 Å². The molecule has 0 saturated carbocycles. The average Bonchev–Trinajstić information content (AvgIpc) is 3.18. The van der Waals surface area contributed by atoms with Gasteiger partial charge in [0.2, 0.25) is 0 Å². The van der Waals surface area contributed by atoms with Gasteiger partial charge in [-0.25, -0.2) is 17.8 Å². The fourth-order valence-corrected chi connectivity index (χ4v) is 5.21. The van der Waals surface area contributed by atoms with Gasteiger partial charge in [-0.05, 0) is 24.0 Å². The molecule has 142 valence electrons. The van der Waals surface area contributed by atoms with Crippen LogP contribution in [0.2, 0.25) is 0 Å². The Bertz CT molecular complexity index is 1070. The Morgan fingerprint density at radius 1 is 1.11 bits per heavy atom. The molecule has 0 aliphatic carbocycles. The summed E-state index contributed by atoms with van der Waals surface area (Å²) >= 11 is 0. The van der Waals surface area contributed by atoms with Crippen LogP contribution in [-0.2, 0) is 30.0 Å². The standard InChI is InChI=1S/C18H22N6O2S/c1-18(2)9-16-14(10-20-24(16)15-7-5-4-6-8-15)12-23(13-18)27(25,26)17-11-19-21-22(17)3/h4-8,10-11H,9,12-13H2,1-3H3. The largest absolute Gasteiger partial charge is 0.262 e. The van der Waals surface area contributed by atoms with Crippen LogP contribution in [0.3, 0.4) is 0 Å². The second-order valence-electron chi connectivity index (χ2n) is 7.67. The lowest BCUT2D eigenvalue weighted by Crippen LogP contribution is -2.38. The lowest BCUT2D eigenvalue weighted by molar-refractivity contribution is 0.262. The number of aryl methyl sites for hydroxylation is 1. The number of sulfonamides is 1. The summed E-state index contributed by atoms with van der Waals surface area (Å²) in [6, 6.07) is 9.91. The summed E-state index contributed by atoms with van der Waals surface area (Å²) in [6.45, 7) is 4.84. The number of hydrogen-bond donors (Lipinski definition) is 0. The molecule has 8 nitrogen and oxygen atoms in total.